The number of aromatic carboxylic acids is 1. The number of carboxylic acid groups (broad SMARTS) is 1. The lowest BCUT2D eigenvalue weighted by molar-refractivity contribution is 0.0691. The Kier molecular flexibility index (Phi) is 5.04. The van der Waals surface area contributed by atoms with Crippen LogP contribution in [0.3, 0.4) is 0 Å². The minimum Gasteiger partial charge on any atom is -0.478 e. The largest absolute Gasteiger partial charge is 0.478 e. The zero-order valence-corrected chi connectivity index (χ0v) is 11.8. The van der Waals surface area contributed by atoms with Gasteiger partial charge in [0.2, 0.25) is 5.03 Å². The van der Waals surface area contributed by atoms with Gasteiger partial charge in [-0.2, -0.15) is 9.40 Å². The first-order valence-corrected chi connectivity index (χ1v) is 7.07. The molecule has 0 saturated heterocycles. The summed E-state index contributed by atoms with van der Waals surface area (Å²) in [5.74, 6) is -1.33. The standard InChI is InChI=1S/C10H17N3O5S/c1-4-13(5-6-18-3)19(16,17)9-8(10(14)15)7(2)11-12-9/h4-6H2,1-3H3,(H,11,12)(H,14,15). The second kappa shape index (κ2) is 6.13. The van der Waals surface area contributed by atoms with Gasteiger partial charge in [0.1, 0.15) is 5.56 Å². The monoisotopic (exact) mass is 291 g/mol. The number of nitrogens with zero attached hydrogens (tertiary/aromatic N) is 2. The summed E-state index contributed by atoms with van der Waals surface area (Å²) < 4.78 is 30.6. The predicted octanol–water partition coefficient (Wildman–Crippen LogP) is 0.0733. The van der Waals surface area contributed by atoms with Crippen molar-refractivity contribution >= 4 is 16.0 Å². The molecule has 1 aromatic rings. The van der Waals surface area contributed by atoms with Crippen LogP contribution in [0, 0.1) is 6.92 Å². The van der Waals surface area contributed by atoms with Crippen LogP contribution in [0.15, 0.2) is 5.03 Å². The maximum atomic E-state index is 12.3. The summed E-state index contributed by atoms with van der Waals surface area (Å²) in [5.41, 5.74) is -0.121. The highest BCUT2D eigenvalue weighted by Crippen LogP contribution is 2.20. The number of aromatic nitrogens is 2. The number of methoxy groups -OCH3 is 1. The Balaban J connectivity index is 3.22. The molecule has 0 fully saturated rings. The van der Waals surface area contributed by atoms with E-state index >= 15 is 0 Å². The van der Waals surface area contributed by atoms with E-state index in [1.54, 1.807) is 6.92 Å². The molecule has 0 aliphatic carbocycles. The van der Waals surface area contributed by atoms with Crippen molar-refractivity contribution in [2.75, 3.05) is 26.8 Å². The highest BCUT2D eigenvalue weighted by Gasteiger charge is 2.32. The van der Waals surface area contributed by atoms with Crippen LogP contribution < -0.4 is 0 Å². The van der Waals surface area contributed by atoms with Gasteiger partial charge in [-0.05, 0) is 6.92 Å². The molecule has 8 nitrogen and oxygen atoms in total. The second-order valence-corrected chi connectivity index (χ2v) is 5.68. The number of rotatable bonds is 7. The third-order valence-electron chi connectivity index (χ3n) is 2.61. The van der Waals surface area contributed by atoms with Gasteiger partial charge in [-0.25, -0.2) is 13.2 Å². The van der Waals surface area contributed by atoms with Gasteiger partial charge in [0, 0.05) is 25.9 Å². The van der Waals surface area contributed by atoms with E-state index in [0.717, 1.165) is 4.31 Å². The highest BCUT2D eigenvalue weighted by molar-refractivity contribution is 7.89. The highest BCUT2D eigenvalue weighted by atomic mass is 32.2. The lowest BCUT2D eigenvalue weighted by Crippen LogP contribution is -2.34. The maximum absolute atomic E-state index is 12.3. The molecule has 2 N–H and O–H groups in total. The van der Waals surface area contributed by atoms with Gasteiger partial charge in [-0.15, -0.1) is 0 Å². The topological polar surface area (TPSA) is 113 Å². The fourth-order valence-corrected chi connectivity index (χ4v) is 3.17. The molecule has 19 heavy (non-hydrogen) atoms. The summed E-state index contributed by atoms with van der Waals surface area (Å²) in [6.45, 7) is 3.68. The van der Waals surface area contributed by atoms with E-state index < -0.39 is 21.0 Å². The normalized spacial score (nSPS) is 12.0. The van der Waals surface area contributed by atoms with Gasteiger partial charge >= 0.3 is 5.97 Å². The van der Waals surface area contributed by atoms with Crippen LogP contribution in [-0.2, 0) is 14.8 Å². The molecular weight excluding hydrogens is 274 g/mol. The first-order chi connectivity index (χ1) is 8.86. The van der Waals surface area contributed by atoms with Crippen LogP contribution in [0.5, 0.6) is 0 Å². The van der Waals surface area contributed by atoms with Gasteiger partial charge in [-0.1, -0.05) is 6.92 Å². The fraction of sp³-hybridized carbons (Fsp3) is 0.600. The Hall–Kier alpha value is -1.45. The van der Waals surface area contributed by atoms with Gasteiger partial charge in [0.05, 0.1) is 6.61 Å². The van der Waals surface area contributed by atoms with E-state index in [-0.39, 0.29) is 31.0 Å². The van der Waals surface area contributed by atoms with Crippen molar-refractivity contribution in [3.05, 3.63) is 11.3 Å². The molecule has 0 spiro atoms. The second-order valence-electron chi connectivity index (χ2n) is 3.82. The Bertz CT molecular complexity index is 552. The molecule has 0 radical (unpaired) electrons. The quantitative estimate of drug-likeness (QED) is 0.735. The molecule has 9 heteroatoms. The number of hydrogen-bond acceptors (Lipinski definition) is 5. The molecule has 0 aromatic carbocycles. The average Bonchev–Trinajstić information content (AvgIpc) is 2.72. The maximum Gasteiger partial charge on any atom is 0.340 e. The van der Waals surface area contributed by atoms with Gasteiger partial charge in [-0.3, -0.25) is 5.10 Å². The number of sulfonamides is 1. The lowest BCUT2D eigenvalue weighted by atomic mass is 10.3. The Morgan fingerprint density at radius 1 is 1.53 bits per heavy atom. The van der Waals surface area contributed by atoms with Crippen LogP contribution in [0.1, 0.15) is 23.0 Å². The average molecular weight is 291 g/mol. The van der Waals surface area contributed by atoms with E-state index in [9.17, 15) is 13.2 Å². The minimum absolute atomic E-state index is 0.139. The third kappa shape index (κ3) is 3.11. The van der Waals surface area contributed by atoms with E-state index in [0.29, 0.717) is 0 Å². The Morgan fingerprint density at radius 2 is 2.16 bits per heavy atom. The predicted molar refractivity (Wildman–Crippen MR) is 66.6 cm³/mol. The SMILES string of the molecule is CCN(CCOC)S(=O)(=O)c1n[nH]c(C)c1C(=O)O. The number of aryl methyl sites for hydroxylation is 1. The molecule has 0 aliphatic heterocycles. The van der Waals surface area contributed by atoms with Crippen molar-refractivity contribution in [2.45, 2.75) is 18.9 Å². The van der Waals surface area contributed by atoms with Crippen molar-refractivity contribution in [2.24, 2.45) is 0 Å². The molecule has 1 rings (SSSR count). The fourth-order valence-electron chi connectivity index (χ4n) is 1.61. The smallest absolute Gasteiger partial charge is 0.340 e. The summed E-state index contributed by atoms with van der Waals surface area (Å²) in [6.07, 6.45) is 0. The van der Waals surface area contributed by atoms with Crippen molar-refractivity contribution in [3.63, 3.8) is 0 Å². The van der Waals surface area contributed by atoms with Crippen LogP contribution in [0.4, 0.5) is 0 Å². The molecule has 0 saturated carbocycles. The van der Waals surface area contributed by atoms with Crippen LogP contribution in [0.25, 0.3) is 0 Å². The summed E-state index contributed by atoms with van der Waals surface area (Å²) >= 11 is 0. The number of ether oxygens (including phenoxy) is 1. The molecule has 108 valence electrons. The molecule has 1 aromatic heterocycles. The molecule has 0 aliphatic rings. The number of aromatic amines is 1. The van der Waals surface area contributed by atoms with Gasteiger partial charge in [0.15, 0.2) is 0 Å². The van der Waals surface area contributed by atoms with E-state index in [4.69, 9.17) is 9.84 Å². The van der Waals surface area contributed by atoms with Gasteiger partial charge in [0.25, 0.3) is 10.0 Å². The Morgan fingerprint density at radius 3 is 2.63 bits per heavy atom. The minimum atomic E-state index is -3.95. The van der Waals surface area contributed by atoms with E-state index in [1.807, 2.05) is 0 Å². The zero-order valence-electron chi connectivity index (χ0n) is 11.0. The molecule has 0 amide bonds. The lowest BCUT2D eigenvalue weighted by Gasteiger charge is -2.18. The third-order valence-corrected chi connectivity index (χ3v) is 4.51. The Labute approximate surface area is 111 Å². The summed E-state index contributed by atoms with van der Waals surface area (Å²) in [4.78, 5) is 11.1. The molecule has 0 bridgehead atoms. The molecule has 1 heterocycles. The first kappa shape index (κ1) is 15.6. The van der Waals surface area contributed by atoms with Crippen LogP contribution >= 0.6 is 0 Å². The summed E-state index contributed by atoms with van der Waals surface area (Å²) in [7, 11) is -2.49. The molecular formula is C10H17N3O5S. The van der Waals surface area contributed by atoms with Crippen molar-refractivity contribution in [1.82, 2.24) is 14.5 Å². The van der Waals surface area contributed by atoms with Crippen molar-refractivity contribution in [3.8, 4) is 0 Å². The molecule has 0 unspecified atom stereocenters. The van der Waals surface area contributed by atoms with Crippen molar-refractivity contribution < 1.29 is 23.1 Å². The first-order valence-electron chi connectivity index (χ1n) is 5.63. The van der Waals surface area contributed by atoms with Crippen LogP contribution in [-0.4, -0.2) is 60.8 Å². The summed E-state index contributed by atoms with van der Waals surface area (Å²) in [6, 6.07) is 0. The van der Waals surface area contributed by atoms with E-state index in [2.05, 4.69) is 10.2 Å². The number of nitrogens with one attached hydrogen (secondary N) is 1. The number of carboxylic acids is 1. The zero-order chi connectivity index (χ0) is 14.6. The summed E-state index contributed by atoms with van der Waals surface area (Å²) in [5, 5.41) is 14.6. The van der Waals surface area contributed by atoms with Crippen molar-refractivity contribution in [1.29, 1.82) is 0 Å². The number of likely N-dealkylation sites (N-methyl/N-ethyl adjacent to an activating group) is 1. The van der Waals surface area contributed by atoms with Gasteiger partial charge < -0.3 is 9.84 Å². The number of carbonyl (C=O) groups is 1. The van der Waals surface area contributed by atoms with Crippen LogP contribution in [0.2, 0.25) is 0 Å². The number of H-pyrrole nitrogens is 1. The molecule has 0 atom stereocenters. The van der Waals surface area contributed by atoms with E-state index in [1.165, 1.54) is 14.0 Å². The number of hydrogen-bond donors (Lipinski definition) is 2.